The number of hydrogen-bond donors (Lipinski definition) is 0. The number of rotatable bonds is 2. The number of piperazine rings is 1. The Morgan fingerprint density at radius 2 is 1.52 bits per heavy atom. The molecule has 0 N–H and O–H groups in total. The Morgan fingerprint density at radius 3 is 2.04 bits per heavy atom. The molecule has 0 unspecified atom stereocenters. The molecule has 0 aromatic heterocycles. The molecule has 2 amide bonds. The van der Waals surface area contributed by atoms with E-state index >= 15 is 0 Å². The van der Waals surface area contributed by atoms with Gasteiger partial charge in [0.05, 0.1) is 0 Å². The Balaban J connectivity index is 1.88. The van der Waals surface area contributed by atoms with Crippen LogP contribution in [0.2, 0.25) is 0 Å². The molecule has 1 saturated heterocycles. The molecule has 4 nitrogen and oxygen atoms in total. The lowest BCUT2D eigenvalue weighted by Gasteiger charge is -2.34. The van der Waals surface area contributed by atoms with Crippen molar-refractivity contribution in [1.29, 1.82) is 0 Å². The molecule has 1 aliphatic heterocycles. The average Bonchev–Trinajstić information content (AvgIpc) is 2.52. The van der Waals surface area contributed by atoms with Gasteiger partial charge in [-0.25, -0.2) is 0 Å². The Bertz CT molecular complexity index is 601. The highest BCUT2D eigenvalue weighted by Crippen LogP contribution is 2.19. The average molecular weight is 326 g/mol. The first kappa shape index (κ1) is 17.1. The number of nitrogens with zero attached hydrogens (tertiary/aromatic N) is 2. The maximum atomic E-state index is 12.3. The Labute approximate surface area is 132 Å². The molecule has 1 aromatic rings. The van der Waals surface area contributed by atoms with Crippen LogP contribution in [0, 0.1) is 6.92 Å². The van der Waals surface area contributed by atoms with Crippen LogP contribution in [0.25, 0.3) is 6.08 Å². The molecule has 0 bridgehead atoms. The lowest BCUT2D eigenvalue weighted by Crippen LogP contribution is -2.53. The third kappa shape index (κ3) is 4.58. The van der Waals surface area contributed by atoms with Crippen LogP contribution < -0.4 is 0 Å². The molecule has 0 radical (unpaired) electrons. The Kier molecular flexibility index (Phi) is 5.08. The number of carbonyl (C=O) groups excluding carboxylic acids is 2. The first-order valence-corrected chi connectivity index (χ1v) is 7.17. The van der Waals surface area contributed by atoms with Crippen LogP contribution in [0.3, 0.4) is 0 Å². The summed E-state index contributed by atoms with van der Waals surface area (Å²) in [5.41, 5.74) is 1.98. The zero-order chi connectivity index (χ0) is 17.0. The molecular weight excluding hydrogens is 309 g/mol. The minimum absolute atomic E-state index is 0.0961. The minimum atomic E-state index is -4.86. The van der Waals surface area contributed by atoms with E-state index < -0.39 is 12.1 Å². The van der Waals surface area contributed by atoms with Gasteiger partial charge in [-0.1, -0.05) is 29.8 Å². The smallest absolute Gasteiger partial charge is 0.336 e. The summed E-state index contributed by atoms with van der Waals surface area (Å²) in [4.78, 5) is 25.3. The number of amides is 2. The molecule has 0 atom stereocenters. The minimum Gasteiger partial charge on any atom is -0.336 e. The molecule has 7 heteroatoms. The van der Waals surface area contributed by atoms with Crippen LogP contribution in [-0.4, -0.2) is 54.0 Å². The van der Waals surface area contributed by atoms with Crippen molar-refractivity contribution < 1.29 is 22.8 Å². The number of alkyl halides is 3. The van der Waals surface area contributed by atoms with Gasteiger partial charge in [-0.15, -0.1) is 0 Å². The van der Waals surface area contributed by atoms with Gasteiger partial charge in [0.25, 0.3) is 0 Å². The first-order chi connectivity index (χ1) is 10.8. The third-order valence-electron chi connectivity index (χ3n) is 3.62. The van der Waals surface area contributed by atoms with Crippen molar-refractivity contribution >= 4 is 17.9 Å². The van der Waals surface area contributed by atoms with Gasteiger partial charge in [0.2, 0.25) is 5.91 Å². The lowest BCUT2D eigenvalue weighted by atomic mass is 10.1. The second-order valence-electron chi connectivity index (χ2n) is 5.36. The number of hydrogen-bond acceptors (Lipinski definition) is 2. The molecule has 1 fully saturated rings. The van der Waals surface area contributed by atoms with Crippen LogP contribution in [0.1, 0.15) is 11.1 Å². The van der Waals surface area contributed by atoms with Crippen molar-refractivity contribution in [1.82, 2.24) is 9.80 Å². The van der Waals surface area contributed by atoms with Gasteiger partial charge in [0.15, 0.2) is 0 Å². The van der Waals surface area contributed by atoms with Crippen molar-refractivity contribution in [3.05, 3.63) is 41.5 Å². The maximum Gasteiger partial charge on any atom is 0.471 e. The molecule has 0 spiro atoms. The highest BCUT2D eigenvalue weighted by molar-refractivity contribution is 5.92. The highest BCUT2D eigenvalue weighted by atomic mass is 19.4. The van der Waals surface area contributed by atoms with Crippen molar-refractivity contribution in [2.24, 2.45) is 0 Å². The van der Waals surface area contributed by atoms with Gasteiger partial charge < -0.3 is 9.80 Å². The van der Waals surface area contributed by atoms with E-state index in [9.17, 15) is 22.8 Å². The van der Waals surface area contributed by atoms with E-state index in [1.807, 2.05) is 31.2 Å². The van der Waals surface area contributed by atoms with Crippen LogP contribution in [0.5, 0.6) is 0 Å². The SMILES string of the molecule is Cc1ccc(/C=C/C(=O)N2CCN(C(=O)C(F)(F)F)CC2)cc1. The Hall–Kier alpha value is -2.31. The zero-order valence-corrected chi connectivity index (χ0v) is 12.6. The standard InChI is InChI=1S/C16H17F3N2O2/c1-12-2-4-13(5-3-12)6-7-14(22)20-8-10-21(11-9-20)15(23)16(17,18)19/h2-7H,8-11H2,1H3/b7-6+. The van der Waals surface area contributed by atoms with Crippen LogP contribution in [0.15, 0.2) is 30.3 Å². The van der Waals surface area contributed by atoms with Crippen LogP contribution in [0.4, 0.5) is 13.2 Å². The van der Waals surface area contributed by atoms with Crippen LogP contribution in [-0.2, 0) is 9.59 Å². The predicted octanol–water partition coefficient (Wildman–Crippen LogP) is 2.24. The summed E-state index contributed by atoms with van der Waals surface area (Å²) in [5, 5.41) is 0. The highest BCUT2D eigenvalue weighted by Gasteiger charge is 2.43. The second kappa shape index (κ2) is 6.85. The van der Waals surface area contributed by atoms with E-state index in [0.29, 0.717) is 0 Å². The summed E-state index contributed by atoms with van der Waals surface area (Å²) in [5.74, 6) is -2.12. The van der Waals surface area contributed by atoms with Crippen LogP contribution >= 0.6 is 0 Å². The topological polar surface area (TPSA) is 40.6 Å². The van der Waals surface area contributed by atoms with E-state index in [4.69, 9.17) is 0 Å². The van der Waals surface area contributed by atoms with Gasteiger partial charge in [-0.3, -0.25) is 9.59 Å². The van der Waals surface area contributed by atoms with E-state index in [1.165, 1.54) is 11.0 Å². The predicted molar refractivity (Wildman–Crippen MR) is 79.4 cm³/mol. The van der Waals surface area contributed by atoms with Gasteiger partial charge in [0.1, 0.15) is 0 Å². The second-order valence-corrected chi connectivity index (χ2v) is 5.36. The molecule has 1 aliphatic rings. The summed E-state index contributed by atoms with van der Waals surface area (Å²) in [6.45, 7) is 1.93. The maximum absolute atomic E-state index is 12.3. The molecular formula is C16H17F3N2O2. The lowest BCUT2D eigenvalue weighted by molar-refractivity contribution is -0.187. The Morgan fingerprint density at radius 1 is 1.00 bits per heavy atom. The number of benzene rings is 1. The molecule has 124 valence electrons. The van der Waals surface area contributed by atoms with E-state index in [-0.39, 0.29) is 32.1 Å². The molecule has 2 rings (SSSR count). The van der Waals surface area contributed by atoms with E-state index in [1.54, 1.807) is 6.08 Å². The van der Waals surface area contributed by atoms with Crippen molar-refractivity contribution in [2.75, 3.05) is 26.2 Å². The summed E-state index contributed by atoms with van der Waals surface area (Å²) >= 11 is 0. The summed E-state index contributed by atoms with van der Waals surface area (Å²) < 4.78 is 37.0. The molecule has 0 aliphatic carbocycles. The molecule has 0 saturated carbocycles. The third-order valence-corrected chi connectivity index (χ3v) is 3.62. The number of halogens is 3. The van der Waals surface area contributed by atoms with Gasteiger partial charge >= 0.3 is 12.1 Å². The number of carbonyl (C=O) groups is 2. The molecule has 1 heterocycles. The first-order valence-electron chi connectivity index (χ1n) is 7.17. The zero-order valence-electron chi connectivity index (χ0n) is 12.6. The summed E-state index contributed by atoms with van der Waals surface area (Å²) in [7, 11) is 0. The van der Waals surface area contributed by atoms with Crippen molar-refractivity contribution in [3.8, 4) is 0 Å². The van der Waals surface area contributed by atoms with Gasteiger partial charge in [-0.2, -0.15) is 13.2 Å². The molecule has 1 aromatic carbocycles. The fraction of sp³-hybridized carbons (Fsp3) is 0.375. The normalized spacial score (nSPS) is 16.0. The quantitative estimate of drug-likeness (QED) is 0.782. The van der Waals surface area contributed by atoms with E-state index in [2.05, 4.69) is 0 Å². The van der Waals surface area contributed by atoms with E-state index in [0.717, 1.165) is 16.0 Å². The van der Waals surface area contributed by atoms with Crippen molar-refractivity contribution in [3.63, 3.8) is 0 Å². The van der Waals surface area contributed by atoms with Gasteiger partial charge in [0, 0.05) is 32.3 Å². The monoisotopic (exact) mass is 326 g/mol. The largest absolute Gasteiger partial charge is 0.471 e. The summed E-state index contributed by atoms with van der Waals surface area (Å²) in [6.07, 6.45) is -1.81. The molecule has 23 heavy (non-hydrogen) atoms. The van der Waals surface area contributed by atoms with Gasteiger partial charge in [-0.05, 0) is 18.6 Å². The van der Waals surface area contributed by atoms with Crippen molar-refractivity contribution in [2.45, 2.75) is 13.1 Å². The summed E-state index contributed by atoms with van der Waals surface area (Å²) in [6, 6.07) is 7.59. The number of aryl methyl sites for hydroxylation is 1. The fourth-order valence-corrected chi connectivity index (χ4v) is 2.26. The fourth-order valence-electron chi connectivity index (χ4n) is 2.26.